The first kappa shape index (κ1) is 21.0. The molecule has 1 N–H and O–H groups in total. The summed E-state index contributed by atoms with van der Waals surface area (Å²) in [4.78, 5) is 30.6. The predicted molar refractivity (Wildman–Crippen MR) is 114 cm³/mol. The van der Waals surface area contributed by atoms with Crippen molar-refractivity contribution < 1.29 is 14.2 Å². The maximum atomic E-state index is 12.6. The van der Waals surface area contributed by atoms with E-state index >= 15 is 0 Å². The second-order valence-electron chi connectivity index (χ2n) is 7.22. The Kier molecular flexibility index (Phi) is 6.54. The molecule has 0 saturated carbocycles. The fourth-order valence-corrected chi connectivity index (χ4v) is 3.60. The first-order chi connectivity index (χ1) is 15.2. The lowest BCUT2D eigenvalue weighted by atomic mass is 10.1. The molecule has 9 heteroatoms. The lowest BCUT2D eigenvalue weighted by molar-refractivity contribution is 0.144. The molecule has 0 unspecified atom stereocenters. The summed E-state index contributed by atoms with van der Waals surface area (Å²) in [7, 11) is 3.26. The van der Waals surface area contributed by atoms with Crippen molar-refractivity contribution in [2.24, 2.45) is 0 Å². The average molecular weight is 423 g/mol. The number of hydrogen-bond acceptors (Lipinski definition) is 8. The molecule has 9 nitrogen and oxygen atoms in total. The second-order valence-corrected chi connectivity index (χ2v) is 7.22. The largest absolute Gasteiger partial charge is 0.493 e. The monoisotopic (exact) mass is 423 g/mol. The first-order valence-corrected chi connectivity index (χ1v) is 10.1. The molecule has 162 valence electrons. The lowest BCUT2D eigenvalue weighted by Crippen LogP contribution is -2.35. The number of nitrogens with one attached hydrogen (secondary N) is 1. The van der Waals surface area contributed by atoms with E-state index in [0.29, 0.717) is 55.7 Å². The van der Waals surface area contributed by atoms with Crippen LogP contribution in [0.1, 0.15) is 16.8 Å². The van der Waals surface area contributed by atoms with Crippen molar-refractivity contribution >= 4 is 0 Å². The summed E-state index contributed by atoms with van der Waals surface area (Å²) in [6.45, 7) is 3.02. The van der Waals surface area contributed by atoms with E-state index in [-0.39, 0.29) is 5.56 Å². The number of nitrogens with zero attached hydrogens (tertiary/aromatic N) is 4. The molecule has 3 aromatic rings. The average Bonchev–Trinajstić information content (AvgIpc) is 2.80. The highest BCUT2D eigenvalue weighted by molar-refractivity contribution is 5.47. The van der Waals surface area contributed by atoms with Crippen LogP contribution in [0.25, 0.3) is 11.5 Å². The maximum absolute atomic E-state index is 12.6. The quantitative estimate of drug-likeness (QED) is 0.548. The van der Waals surface area contributed by atoms with Gasteiger partial charge < -0.3 is 19.2 Å². The standard InChI is InChI=1S/C22H25N5O4/c1-29-9-10-31-20-11-15(3-4-19(20)30-2)13-27-8-5-16-18(14-27)25-21(26-22(16)28)17-12-23-6-7-24-17/h3-4,6-7,11-12H,5,8-10,13-14H2,1-2H3,(H,25,26,28). The van der Waals surface area contributed by atoms with E-state index in [9.17, 15) is 4.79 Å². The minimum absolute atomic E-state index is 0.108. The number of rotatable bonds is 8. The molecule has 4 rings (SSSR count). The summed E-state index contributed by atoms with van der Waals surface area (Å²) in [6.07, 6.45) is 5.40. The zero-order chi connectivity index (χ0) is 21.6. The lowest BCUT2D eigenvalue weighted by Gasteiger charge is -2.28. The highest BCUT2D eigenvalue weighted by atomic mass is 16.5. The molecule has 0 spiro atoms. The summed E-state index contributed by atoms with van der Waals surface area (Å²) >= 11 is 0. The van der Waals surface area contributed by atoms with Gasteiger partial charge in [0.15, 0.2) is 17.3 Å². The Morgan fingerprint density at radius 3 is 2.84 bits per heavy atom. The van der Waals surface area contributed by atoms with Gasteiger partial charge >= 0.3 is 0 Å². The Labute approximate surface area is 180 Å². The molecule has 1 aliphatic rings. The van der Waals surface area contributed by atoms with Crippen molar-refractivity contribution in [3.63, 3.8) is 0 Å². The van der Waals surface area contributed by atoms with Gasteiger partial charge in [0, 0.05) is 44.7 Å². The molecule has 0 aliphatic carbocycles. The van der Waals surface area contributed by atoms with Gasteiger partial charge in [0.1, 0.15) is 12.3 Å². The molecule has 1 aromatic carbocycles. The van der Waals surface area contributed by atoms with Crippen molar-refractivity contribution in [3.05, 3.63) is 64.0 Å². The van der Waals surface area contributed by atoms with Crippen LogP contribution in [0.3, 0.4) is 0 Å². The van der Waals surface area contributed by atoms with E-state index in [1.807, 2.05) is 18.2 Å². The van der Waals surface area contributed by atoms with Crippen LogP contribution in [0, 0.1) is 0 Å². The molecule has 2 aromatic heterocycles. The van der Waals surface area contributed by atoms with Crippen LogP contribution in [-0.2, 0) is 24.2 Å². The smallest absolute Gasteiger partial charge is 0.254 e. The van der Waals surface area contributed by atoms with Crippen LogP contribution >= 0.6 is 0 Å². The maximum Gasteiger partial charge on any atom is 0.254 e. The highest BCUT2D eigenvalue weighted by Gasteiger charge is 2.22. The van der Waals surface area contributed by atoms with Crippen LogP contribution < -0.4 is 15.0 Å². The Balaban J connectivity index is 1.52. The second kappa shape index (κ2) is 9.67. The molecule has 0 bridgehead atoms. The predicted octanol–water partition coefficient (Wildman–Crippen LogP) is 1.82. The van der Waals surface area contributed by atoms with Crippen LogP contribution in [-0.4, -0.2) is 58.8 Å². The number of aromatic amines is 1. The van der Waals surface area contributed by atoms with Gasteiger partial charge in [-0.05, 0) is 24.1 Å². The summed E-state index contributed by atoms with van der Waals surface area (Å²) < 4.78 is 16.2. The number of ether oxygens (including phenoxy) is 3. The third-order valence-corrected chi connectivity index (χ3v) is 5.14. The Morgan fingerprint density at radius 1 is 1.16 bits per heavy atom. The molecular weight excluding hydrogens is 398 g/mol. The van der Waals surface area contributed by atoms with Gasteiger partial charge in [-0.2, -0.15) is 0 Å². The van der Waals surface area contributed by atoms with Gasteiger partial charge in [-0.1, -0.05) is 6.07 Å². The van der Waals surface area contributed by atoms with E-state index in [4.69, 9.17) is 14.2 Å². The van der Waals surface area contributed by atoms with E-state index in [0.717, 1.165) is 23.4 Å². The van der Waals surface area contributed by atoms with Crippen molar-refractivity contribution in [1.82, 2.24) is 24.8 Å². The normalized spacial score (nSPS) is 13.6. The van der Waals surface area contributed by atoms with Crippen molar-refractivity contribution in [3.8, 4) is 23.0 Å². The molecule has 1 aliphatic heterocycles. The van der Waals surface area contributed by atoms with E-state index < -0.39 is 0 Å². The van der Waals surface area contributed by atoms with E-state index in [2.05, 4.69) is 24.8 Å². The SMILES string of the molecule is COCCOc1cc(CN2CCc3c(nc(-c4cnccn4)[nH]c3=O)C2)ccc1OC. The molecular formula is C22H25N5O4. The van der Waals surface area contributed by atoms with Crippen LogP contribution in [0.4, 0.5) is 0 Å². The molecule has 31 heavy (non-hydrogen) atoms. The highest BCUT2D eigenvalue weighted by Crippen LogP contribution is 2.29. The van der Waals surface area contributed by atoms with E-state index in [1.165, 1.54) is 0 Å². The molecule has 0 fully saturated rings. The van der Waals surface area contributed by atoms with Gasteiger partial charge in [-0.25, -0.2) is 9.97 Å². The molecule has 0 saturated heterocycles. The number of aromatic nitrogens is 4. The fraction of sp³-hybridized carbons (Fsp3) is 0.364. The zero-order valence-corrected chi connectivity index (χ0v) is 17.6. The van der Waals surface area contributed by atoms with Crippen LogP contribution in [0.15, 0.2) is 41.6 Å². The number of fused-ring (bicyclic) bond motifs is 1. The molecule has 0 atom stereocenters. The Hall–Kier alpha value is -3.30. The summed E-state index contributed by atoms with van der Waals surface area (Å²) in [6, 6.07) is 5.92. The van der Waals surface area contributed by atoms with Gasteiger partial charge in [0.25, 0.3) is 5.56 Å². The van der Waals surface area contributed by atoms with Gasteiger partial charge in [-0.3, -0.25) is 14.7 Å². The Morgan fingerprint density at radius 2 is 2.06 bits per heavy atom. The zero-order valence-electron chi connectivity index (χ0n) is 17.6. The number of methoxy groups -OCH3 is 2. The molecule has 0 radical (unpaired) electrons. The minimum atomic E-state index is -0.108. The molecule has 3 heterocycles. The first-order valence-electron chi connectivity index (χ1n) is 10.1. The third-order valence-electron chi connectivity index (χ3n) is 5.14. The topological polar surface area (TPSA) is 102 Å². The number of benzene rings is 1. The van der Waals surface area contributed by atoms with Gasteiger partial charge in [0.05, 0.1) is 25.6 Å². The van der Waals surface area contributed by atoms with Crippen LogP contribution in [0.5, 0.6) is 11.5 Å². The summed E-state index contributed by atoms with van der Waals surface area (Å²) in [5, 5.41) is 0. The van der Waals surface area contributed by atoms with Crippen molar-refractivity contribution in [2.45, 2.75) is 19.5 Å². The third kappa shape index (κ3) is 4.89. The minimum Gasteiger partial charge on any atom is -0.493 e. The van der Waals surface area contributed by atoms with Crippen molar-refractivity contribution in [2.75, 3.05) is 34.0 Å². The van der Waals surface area contributed by atoms with Gasteiger partial charge in [-0.15, -0.1) is 0 Å². The number of hydrogen-bond donors (Lipinski definition) is 1. The van der Waals surface area contributed by atoms with Crippen LogP contribution in [0.2, 0.25) is 0 Å². The van der Waals surface area contributed by atoms with Gasteiger partial charge in [0.2, 0.25) is 0 Å². The van der Waals surface area contributed by atoms with Crippen molar-refractivity contribution in [1.29, 1.82) is 0 Å². The molecule has 0 amide bonds. The summed E-state index contributed by atoms with van der Waals surface area (Å²) in [5.41, 5.74) is 3.05. The summed E-state index contributed by atoms with van der Waals surface area (Å²) in [5.74, 6) is 1.82. The number of H-pyrrole nitrogens is 1. The fourth-order valence-electron chi connectivity index (χ4n) is 3.60. The van der Waals surface area contributed by atoms with E-state index in [1.54, 1.807) is 32.8 Å². The Bertz CT molecular complexity index is 1090.